The average Bonchev–Trinajstić information content (AvgIpc) is 2.98. The largest absolute Gasteiger partial charge is 0.401 e. The number of nitrogens with zero attached hydrogens (tertiary/aromatic N) is 2. The Labute approximate surface area is 118 Å². The number of hydrogen-bond donors (Lipinski definition) is 1. The van der Waals surface area contributed by atoms with Crippen LogP contribution in [0.3, 0.4) is 0 Å². The van der Waals surface area contributed by atoms with Crippen LogP contribution in [0.15, 0.2) is 0 Å². The molecular formula is C14H24F3N3. The minimum atomic E-state index is -4.08. The van der Waals surface area contributed by atoms with Gasteiger partial charge in [-0.3, -0.25) is 9.80 Å². The van der Waals surface area contributed by atoms with Gasteiger partial charge < -0.3 is 5.73 Å². The zero-order valence-corrected chi connectivity index (χ0v) is 11.8. The second kappa shape index (κ2) is 5.14. The molecule has 2 saturated carbocycles. The number of piperazine rings is 1. The molecule has 6 heteroatoms. The van der Waals surface area contributed by atoms with Gasteiger partial charge >= 0.3 is 6.18 Å². The maximum absolute atomic E-state index is 12.4. The lowest BCUT2D eigenvalue weighted by Gasteiger charge is -2.50. The quantitative estimate of drug-likeness (QED) is 0.859. The van der Waals surface area contributed by atoms with E-state index in [-0.39, 0.29) is 5.54 Å². The van der Waals surface area contributed by atoms with Crippen molar-refractivity contribution < 1.29 is 13.2 Å². The number of fused-ring (bicyclic) bond motifs is 2. The molecule has 3 rings (SSSR count). The Morgan fingerprint density at radius 3 is 2.25 bits per heavy atom. The van der Waals surface area contributed by atoms with Crippen LogP contribution in [-0.2, 0) is 0 Å². The van der Waals surface area contributed by atoms with Crippen molar-refractivity contribution in [3.8, 4) is 0 Å². The first-order chi connectivity index (χ1) is 9.43. The van der Waals surface area contributed by atoms with Gasteiger partial charge in [-0.2, -0.15) is 13.2 Å². The van der Waals surface area contributed by atoms with Crippen molar-refractivity contribution in [3.63, 3.8) is 0 Å². The van der Waals surface area contributed by atoms with Gasteiger partial charge in [-0.15, -0.1) is 0 Å². The molecule has 0 aromatic carbocycles. The molecule has 3 nitrogen and oxygen atoms in total. The van der Waals surface area contributed by atoms with Crippen molar-refractivity contribution in [2.24, 2.45) is 17.6 Å². The molecule has 0 radical (unpaired) electrons. The highest BCUT2D eigenvalue weighted by Gasteiger charge is 2.53. The fraction of sp³-hybridized carbons (Fsp3) is 1.00. The normalized spacial score (nSPS) is 39.6. The average molecular weight is 291 g/mol. The molecular weight excluding hydrogens is 267 g/mol. The van der Waals surface area contributed by atoms with Gasteiger partial charge in [0.15, 0.2) is 0 Å². The molecule has 116 valence electrons. The maximum atomic E-state index is 12.4. The van der Waals surface area contributed by atoms with E-state index in [2.05, 4.69) is 4.90 Å². The summed E-state index contributed by atoms with van der Waals surface area (Å²) in [7, 11) is 0. The summed E-state index contributed by atoms with van der Waals surface area (Å²) in [6, 6.07) is 0. The Hall–Kier alpha value is -0.330. The molecule has 3 fully saturated rings. The number of alkyl halides is 3. The molecule has 0 aromatic heterocycles. The van der Waals surface area contributed by atoms with Crippen LogP contribution < -0.4 is 5.73 Å². The van der Waals surface area contributed by atoms with E-state index in [9.17, 15) is 13.2 Å². The summed E-state index contributed by atoms with van der Waals surface area (Å²) in [5, 5.41) is 0. The molecule has 3 unspecified atom stereocenters. The highest BCUT2D eigenvalue weighted by molar-refractivity contribution is 5.08. The van der Waals surface area contributed by atoms with E-state index in [1.807, 2.05) is 0 Å². The summed E-state index contributed by atoms with van der Waals surface area (Å²) in [5.41, 5.74) is 6.18. The van der Waals surface area contributed by atoms with Crippen LogP contribution in [0.2, 0.25) is 0 Å². The van der Waals surface area contributed by atoms with Crippen molar-refractivity contribution in [2.75, 3.05) is 39.3 Å². The topological polar surface area (TPSA) is 32.5 Å². The lowest BCUT2D eigenvalue weighted by atomic mass is 9.79. The third kappa shape index (κ3) is 2.57. The lowest BCUT2D eigenvalue weighted by Crippen LogP contribution is -2.63. The van der Waals surface area contributed by atoms with E-state index in [1.54, 1.807) is 0 Å². The van der Waals surface area contributed by atoms with Crippen LogP contribution in [0.5, 0.6) is 0 Å². The fourth-order valence-corrected chi connectivity index (χ4v) is 4.79. The number of halogens is 3. The SMILES string of the molecule is NCC1(N2CCN(CC(F)(F)F)CC2)CC2CCC1C2. The molecule has 20 heavy (non-hydrogen) atoms. The minimum Gasteiger partial charge on any atom is -0.329 e. The van der Waals surface area contributed by atoms with Crippen molar-refractivity contribution >= 4 is 0 Å². The van der Waals surface area contributed by atoms with Crippen LogP contribution in [0.1, 0.15) is 25.7 Å². The van der Waals surface area contributed by atoms with Gasteiger partial charge in [0.1, 0.15) is 0 Å². The summed E-state index contributed by atoms with van der Waals surface area (Å²) in [4.78, 5) is 3.93. The molecule has 3 atom stereocenters. The van der Waals surface area contributed by atoms with Gasteiger partial charge in [0.05, 0.1) is 6.54 Å². The van der Waals surface area contributed by atoms with Crippen LogP contribution in [0.25, 0.3) is 0 Å². The lowest BCUT2D eigenvalue weighted by molar-refractivity contribution is -0.151. The molecule has 2 N–H and O–H groups in total. The molecule has 2 aliphatic carbocycles. The maximum Gasteiger partial charge on any atom is 0.401 e. The van der Waals surface area contributed by atoms with Crippen LogP contribution in [0.4, 0.5) is 13.2 Å². The molecule has 0 aromatic rings. The van der Waals surface area contributed by atoms with Gasteiger partial charge in [-0.05, 0) is 31.1 Å². The molecule has 0 spiro atoms. The van der Waals surface area contributed by atoms with Gasteiger partial charge in [0.25, 0.3) is 0 Å². The first kappa shape index (κ1) is 14.6. The van der Waals surface area contributed by atoms with Gasteiger partial charge in [0, 0.05) is 38.3 Å². The fourth-order valence-electron chi connectivity index (χ4n) is 4.79. The minimum absolute atomic E-state index is 0.0905. The van der Waals surface area contributed by atoms with E-state index >= 15 is 0 Å². The van der Waals surface area contributed by atoms with E-state index in [1.165, 1.54) is 24.2 Å². The molecule has 1 saturated heterocycles. The molecule has 1 heterocycles. The molecule has 0 amide bonds. The van der Waals surface area contributed by atoms with Crippen LogP contribution in [0, 0.1) is 11.8 Å². The second-order valence-electron chi connectivity index (χ2n) is 6.77. The predicted molar refractivity (Wildman–Crippen MR) is 71.3 cm³/mol. The third-order valence-corrected chi connectivity index (χ3v) is 5.70. The Morgan fingerprint density at radius 1 is 1.10 bits per heavy atom. The van der Waals surface area contributed by atoms with E-state index in [0.29, 0.717) is 25.6 Å². The van der Waals surface area contributed by atoms with Crippen molar-refractivity contribution in [2.45, 2.75) is 37.4 Å². The third-order valence-electron chi connectivity index (χ3n) is 5.70. The first-order valence-corrected chi connectivity index (χ1v) is 7.67. The van der Waals surface area contributed by atoms with Crippen LogP contribution in [-0.4, -0.2) is 60.8 Å². The number of nitrogens with two attached hydrogens (primary N) is 1. The zero-order chi connectivity index (χ0) is 14.4. The highest BCUT2D eigenvalue weighted by Crippen LogP contribution is 2.53. The van der Waals surface area contributed by atoms with Gasteiger partial charge in [-0.1, -0.05) is 6.42 Å². The smallest absolute Gasteiger partial charge is 0.329 e. The number of rotatable bonds is 3. The van der Waals surface area contributed by atoms with Crippen molar-refractivity contribution in [1.82, 2.24) is 9.80 Å². The monoisotopic (exact) mass is 291 g/mol. The standard InChI is InChI=1S/C14H24F3N3/c15-14(16,17)10-19-3-5-20(6-4-19)13(9-18)8-11-1-2-12(13)7-11/h11-12H,1-10,18H2. The molecule has 2 bridgehead atoms. The zero-order valence-electron chi connectivity index (χ0n) is 11.8. The Balaban J connectivity index is 1.60. The highest BCUT2D eigenvalue weighted by atomic mass is 19.4. The van der Waals surface area contributed by atoms with Crippen molar-refractivity contribution in [1.29, 1.82) is 0 Å². The van der Waals surface area contributed by atoms with E-state index in [0.717, 1.165) is 25.4 Å². The van der Waals surface area contributed by atoms with Crippen molar-refractivity contribution in [3.05, 3.63) is 0 Å². The predicted octanol–water partition coefficient (Wildman–Crippen LogP) is 1.68. The van der Waals surface area contributed by atoms with E-state index in [4.69, 9.17) is 5.73 Å². The summed E-state index contributed by atoms with van der Waals surface area (Å²) in [6.07, 6.45) is 0.929. The van der Waals surface area contributed by atoms with Gasteiger partial charge in [-0.25, -0.2) is 0 Å². The first-order valence-electron chi connectivity index (χ1n) is 7.67. The number of hydrogen-bond acceptors (Lipinski definition) is 3. The Kier molecular flexibility index (Phi) is 3.75. The second-order valence-corrected chi connectivity index (χ2v) is 6.77. The Morgan fingerprint density at radius 2 is 1.80 bits per heavy atom. The summed E-state index contributed by atoms with van der Waals surface area (Å²) >= 11 is 0. The molecule has 1 aliphatic heterocycles. The van der Waals surface area contributed by atoms with Crippen LogP contribution >= 0.6 is 0 Å². The summed E-state index contributed by atoms with van der Waals surface area (Å²) < 4.78 is 37.3. The Bertz CT molecular complexity index is 352. The summed E-state index contributed by atoms with van der Waals surface area (Å²) in [5.74, 6) is 1.48. The summed E-state index contributed by atoms with van der Waals surface area (Å²) in [6.45, 7) is 2.38. The van der Waals surface area contributed by atoms with Gasteiger partial charge in [0.2, 0.25) is 0 Å². The molecule has 3 aliphatic rings. The van der Waals surface area contributed by atoms with E-state index < -0.39 is 12.7 Å².